The number of amidine groups is 2. The van der Waals surface area contributed by atoms with Crippen molar-refractivity contribution < 1.29 is 52.5 Å². The number of allylic oxidation sites excluding steroid dienone is 4. The summed E-state index contributed by atoms with van der Waals surface area (Å²) in [6.07, 6.45) is 6.18. The lowest BCUT2D eigenvalue weighted by Gasteiger charge is -2.49. The Balaban J connectivity index is 1.07. The van der Waals surface area contributed by atoms with E-state index in [-0.39, 0.29) is 93.0 Å². The number of benzene rings is 3. The second-order valence-corrected chi connectivity index (χ2v) is 18.2. The molecule has 2 amide bonds. The standard InChI is InChI=1S/C55H56N6O11/c1-7-8-21-37-34(2)58(46-42(48(64)68-3)44(50(66)70-5)56-52-54(37,46)26-24-40(62)60(52)32-35-17-11-9-12-18-35)28-30-72-31-29-59-39-23-16-15-22-38(39)55-27-25-41(63)61(33-36-19-13-10-14-20-36)53(55)57-45(51(67)71-6)43(47(55)59)49(65)69-4/h7-23,46-47H,1,24-33H2,2-6H3/b21-8-/t46?,47?,54-,55-/m0/s1. The number of methoxy groups -OCH3 is 4. The molecular weight excluding hydrogens is 921 g/mol. The molecule has 0 N–H and O–H groups in total. The van der Waals surface area contributed by atoms with E-state index in [2.05, 4.69) is 6.58 Å². The molecule has 0 aromatic heterocycles. The van der Waals surface area contributed by atoms with E-state index in [9.17, 15) is 28.8 Å². The SMILES string of the molecule is C=C/C=C\C1=C(C)N(CCOCCN2c3ccccc3[C@]34CCC(=O)N(Cc5ccccc5)C3=NC(C(=O)OC)=C(C(=O)OC)C24)C2C(C(=O)OC)=C(C(=O)OC)N=C3N(Cc4ccccc4)C(=O)CC[C@]312. The minimum Gasteiger partial charge on any atom is -0.466 e. The van der Waals surface area contributed by atoms with Gasteiger partial charge in [0.15, 0.2) is 11.4 Å². The Labute approximate surface area is 417 Å². The lowest BCUT2D eigenvalue weighted by Crippen LogP contribution is -2.63. The first kappa shape index (κ1) is 49.1. The molecule has 372 valence electrons. The molecule has 0 saturated carbocycles. The monoisotopic (exact) mass is 976 g/mol. The molecule has 6 aliphatic rings. The summed E-state index contributed by atoms with van der Waals surface area (Å²) in [4.78, 5) is 101. The number of fused-ring (bicyclic) bond motifs is 1. The minimum atomic E-state index is -1.11. The molecule has 2 fully saturated rings. The Morgan fingerprint density at radius 2 is 1.10 bits per heavy atom. The molecule has 0 radical (unpaired) electrons. The number of piperidine rings is 2. The number of hydrogen-bond donors (Lipinski definition) is 0. The zero-order chi connectivity index (χ0) is 50.9. The van der Waals surface area contributed by atoms with Gasteiger partial charge in [-0.25, -0.2) is 29.2 Å². The number of esters is 4. The summed E-state index contributed by atoms with van der Waals surface area (Å²) in [5, 5.41) is 0. The number of carbonyl (C=O) groups is 6. The van der Waals surface area contributed by atoms with Crippen molar-refractivity contribution in [2.75, 3.05) is 59.6 Å². The van der Waals surface area contributed by atoms with E-state index < -0.39 is 46.8 Å². The third kappa shape index (κ3) is 7.91. The van der Waals surface area contributed by atoms with Gasteiger partial charge in [0.25, 0.3) is 0 Å². The molecule has 0 aliphatic carbocycles. The van der Waals surface area contributed by atoms with Crippen LogP contribution >= 0.6 is 0 Å². The van der Waals surface area contributed by atoms with Crippen LogP contribution in [-0.2, 0) is 71.0 Å². The van der Waals surface area contributed by atoms with Gasteiger partial charge in [0.1, 0.15) is 11.7 Å². The fraction of sp³-hybridized carbons (Fsp3) is 0.345. The summed E-state index contributed by atoms with van der Waals surface area (Å²) >= 11 is 0. The van der Waals surface area contributed by atoms with Crippen LogP contribution in [0.4, 0.5) is 5.69 Å². The normalized spacial score (nSPS) is 23.2. The number of carbonyl (C=O) groups excluding carboxylic acids is 6. The lowest BCUT2D eigenvalue weighted by molar-refractivity contribution is -0.140. The van der Waals surface area contributed by atoms with Crippen LogP contribution in [0.2, 0.25) is 0 Å². The molecule has 17 heteroatoms. The molecule has 2 unspecified atom stereocenters. The lowest BCUT2D eigenvalue weighted by atomic mass is 9.64. The molecule has 3 aromatic carbocycles. The van der Waals surface area contributed by atoms with E-state index in [4.69, 9.17) is 33.7 Å². The number of ether oxygens (including phenoxy) is 5. The summed E-state index contributed by atoms with van der Waals surface area (Å²) in [5.74, 6) is -2.96. The molecule has 17 nitrogen and oxygen atoms in total. The molecule has 6 aliphatic heterocycles. The third-order valence-corrected chi connectivity index (χ3v) is 14.7. The zero-order valence-corrected chi connectivity index (χ0v) is 40.9. The summed E-state index contributed by atoms with van der Waals surface area (Å²) in [6, 6.07) is 24.9. The number of para-hydroxylation sites is 1. The van der Waals surface area contributed by atoms with E-state index >= 15 is 0 Å². The van der Waals surface area contributed by atoms with E-state index in [1.165, 1.54) is 28.4 Å². The second-order valence-electron chi connectivity index (χ2n) is 18.2. The van der Waals surface area contributed by atoms with Crippen LogP contribution < -0.4 is 4.90 Å². The van der Waals surface area contributed by atoms with Gasteiger partial charge in [0.05, 0.1) is 88.8 Å². The highest BCUT2D eigenvalue weighted by Crippen LogP contribution is 2.58. The van der Waals surface area contributed by atoms with Crippen molar-refractivity contribution in [3.63, 3.8) is 0 Å². The smallest absolute Gasteiger partial charge is 0.357 e. The summed E-state index contributed by atoms with van der Waals surface area (Å²) in [6.45, 7) is 6.82. The van der Waals surface area contributed by atoms with Gasteiger partial charge < -0.3 is 33.5 Å². The van der Waals surface area contributed by atoms with Crippen LogP contribution in [0.5, 0.6) is 0 Å². The summed E-state index contributed by atoms with van der Waals surface area (Å²) in [5.41, 5.74) is 2.16. The summed E-state index contributed by atoms with van der Waals surface area (Å²) in [7, 11) is 4.91. The average molecular weight is 977 g/mol. The Hall–Kier alpha value is -7.92. The quantitative estimate of drug-likeness (QED) is 0.0761. The number of hydrogen-bond acceptors (Lipinski definition) is 15. The van der Waals surface area contributed by atoms with Crippen molar-refractivity contribution in [3.8, 4) is 0 Å². The van der Waals surface area contributed by atoms with Crippen molar-refractivity contribution in [3.05, 3.63) is 160 Å². The van der Waals surface area contributed by atoms with Gasteiger partial charge >= 0.3 is 23.9 Å². The number of amides is 2. The van der Waals surface area contributed by atoms with Crippen LogP contribution in [0.15, 0.2) is 154 Å². The van der Waals surface area contributed by atoms with Crippen molar-refractivity contribution in [2.24, 2.45) is 15.4 Å². The summed E-state index contributed by atoms with van der Waals surface area (Å²) < 4.78 is 27.8. The molecule has 0 bridgehead atoms. The molecule has 2 spiro atoms. The molecule has 4 atom stereocenters. The third-order valence-electron chi connectivity index (χ3n) is 14.7. The molecule has 2 saturated heterocycles. The largest absolute Gasteiger partial charge is 0.466 e. The number of nitrogens with zero attached hydrogens (tertiary/aromatic N) is 6. The highest BCUT2D eigenvalue weighted by Gasteiger charge is 2.65. The molecule has 3 aromatic rings. The van der Waals surface area contributed by atoms with Crippen LogP contribution in [0.1, 0.15) is 49.3 Å². The van der Waals surface area contributed by atoms with Crippen molar-refractivity contribution in [2.45, 2.75) is 63.2 Å². The van der Waals surface area contributed by atoms with Crippen LogP contribution in [0.3, 0.4) is 0 Å². The Morgan fingerprint density at radius 3 is 1.61 bits per heavy atom. The van der Waals surface area contributed by atoms with Crippen molar-refractivity contribution in [1.82, 2.24) is 14.7 Å². The first-order chi connectivity index (χ1) is 34.9. The van der Waals surface area contributed by atoms with Gasteiger partial charge in [-0.3, -0.25) is 19.4 Å². The fourth-order valence-corrected chi connectivity index (χ4v) is 11.7. The maximum atomic E-state index is 14.1. The topological polar surface area (TPSA) is 186 Å². The molecule has 72 heavy (non-hydrogen) atoms. The maximum absolute atomic E-state index is 14.1. The number of rotatable bonds is 16. The maximum Gasteiger partial charge on any atom is 0.357 e. The van der Waals surface area contributed by atoms with Crippen molar-refractivity contribution >= 4 is 53.1 Å². The van der Waals surface area contributed by atoms with Gasteiger partial charge in [-0.05, 0) is 48.1 Å². The predicted molar refractivity (Wildman–Crippen MR) is 264 cm³/mol. The van der Waals surface area contributed by atoms with Gasteiger partial charge in [-0.15, -0.1) is 0 Å². The van der Waals surface area contributed by atoms with E-state index in [0.717, 1.165) is 33.6 Å². The minimum absolute atomic E-state index is 0.00647. The van der Waals surface area contributed by atoms with Crippen LogP contribution in [0, 0.1) is 5.41 Å². The van der Waals surface area contributed by atoms with E-state index in [0.29, 0.717) is 18.1 Å². The number of likely N-dealkylation sites (tertiary alicyclic amines) is 2. The zero-order valence-electron chi connectivity index (χ0n) is 40.9. The average Bonchev–Trinajstić information content (AvgIpc) is 3.82. The highest BCUT2D eigenvalue weighted by atomic mass is 16.5. The Kier molecular flexibility index (Phi) is 13.7. The van der Waals surface area contributed by atoms with Gasteiger partial charge in [0.2, 0.25) is 11.8 Å². The fourth-order valence-electron chi connectivity index (χ4n) is 11.7. The first-order valence-corrected chi connectivity index (χ1v) is 23.8. The molecule has 9 rings (SSSR count). The van der Waals surface area contributed by atoms with Gasteiger partial charge in [-0.1, -0.05) is 104 Å². The first-order valence-electron chi connectivity index (χ1n) is 23.8. The van der Waals surface area contributed by atoms with E-state index in [1.807, 2.05) is 108 Å². The number of aliphatic imine (C=N–C) groups is 2. The van der Waals surface area contributed by atoms with Gasteiger partial charge in [0, 0.05) is 37.3 Å². The second kappa shape index (κ2) is 20.1. The van der Waals surface area contributed by atoms with Crippen LogP contribution in [-0.4, -0.2) is 129 Å². The van der Waals surface area contributed by atoms with Crippen LogP contribution in [0.25, 0.3) is 0 Å². The molecule has 6 heterocycles. The Morgan fingerprint density at radius 1 is 0.639 bits per heavy atom. The molecular formula is C55H56N6O11. The Bertz CT molecular complexity index is 2940. The highest BCUT2D eigenvalue weighted by molar-refractivity contribution is 6.16. The predicted octanol–water partition coefficient (Wildman–Crippen LogP) is 5.49. The van der Waals surface area contributed by atoms with Gasteiger partial charge in [-0.2, -0.15) is 0 Å². The van der Waals surface area contributed by atoms with Crippen molar-refractivity contribution in [1.29, 1.82) is 0 Å². The number of anilines is 1. The van der Waals surface area contributed by atoms with E-state index in [1.54, 1.807) is 22.0 Å².